The molecule has 4 amide bonds. The zero-order valence-corrected chi connectivity index (χ0v) is 23.1. The molecule has 1 aliphatic heterocycles. The summed E-state index contributed by atoms with van der Waals surface area (Å²) >= 11 is 5.99. The van der Waals surface area contributed by atoms with Crippen LogP contribution in [0.15, 0.2) is 29.8 Å². The highest BCUT2D eigenvalue weighted by molar-refractivity contribution is 6.32. The fourth-order valence-corrected chi connectivity index (χ4v) is 4.80. The Morgan fingerprint density at radius 1 is 1.24 bits per heavy atom. The molecule has 5 unspecified atom stereocenters. The van der Waals surface area contributed by atoms with Crippen LogP contribution in [-0.4, -0.2) is 75.4 Å². The molecular weight excluding hydrogens is 498 g/mol. The molecule has 0 spiro atoms. The number of nitrogens with one attached hydrogen (secondary N) is 1. The van der Waals surface area contributed by atoms with Gasteiger partial charge >= 0.3 is 0 Å². The van der Waals surface area contributed by atoms with Gasteiger partial charge in [0, 0.05) is 19.4 Å². The molecule has 0 saturated carbocycles. The summed E-state index contributed by atoms with van der Waals surface area (Å²) in [6, 6.07) is 2.55. The number of imide groups is 1. The van der Waals surface area contributed by atoms with Crippen molar-refractivity contribution < 1.29 is 29.4 Å². The zero-order valence-electron chi connectivity index (χ0n) is 22.3. The summed E-state index contributed by atoms with van der Waals surface area (Å²) in [5.74, 6) is -2.77. The summed E-state index contributed by atoms with van der Waals surface area (Å²) in [6.07, 6.45) is 2.66. The molecule has 1 aromatic carbocycles. The molecule has 1 saturated heterocycles. The van der Waals surface area contributed by atoms with Gasteiger partial charge in [-0.15, -0.1) is 0 Å². The summed E-state index contributed by atoms with van der Waals surface area (Å²) in [7, 11) is 1.46. The van der Waals surface area contributed by atoms with E-state index in [-0.39, 0.29) is 23.1 Å². The quantitative estimate of drug-likeness (QED) is 0.439. The second-order valence-corrected chi connectivity index (χ2v) is 10.6. The molecule has 1 heterocycles. The van der Waals surface area contributed by atoms with Crippen molar-refractivity contribution in [2.24, 2.45) is 11.8 Å². The van der Waals surface area contributed by atoms with Crippen LogP contribution in [0.5, 0.6) is 5.75 Å². The highest BCUT2D eigenvalue weighted by Gasteiger charge is 2.38. The van der Waals surface area contributed by atoms with Crippen molar-refractivity contribution in [2.45, 2.75) is 72.1 Å². The molecule has 3 N–H and O–H groups in total. The summed E-state index contributed by atoms with van der Waals surface area (Å²) < 4.78 is 0. The maximum atomic E-state index is 13.3. The van der Waals surface area contributed by atoms with Gasteiger partial charge in [0.1, 0.15) is 24.4 Å². The van der Waals surface area contributed by atoms with Gasteiger partial charge in [-0.2, -0.15) is 0 Å². The second-order valence-electron chi connectivity index (χ2n) is 10.2. The molecule has 10 heteroatoms. The van der Waals surface area contributed by atoms with Crippen LogP contribution in [0.2, 0.25) is 5.02 Å². The minimum Gasteiger partial charge on any atom is -0.506 e. The first kappa shape index (κ1) is 30.3. The molecule has 1 aromatic rings. The summed E-state index contributed by atoms with van der Waals surface area (Å²) in [5, 5.41) is 22.0. The number of rotatable bonds is 8. The second kappa shape index (κ2) is 13.1. The van der Waals surface area contributed by atoms with Gasteiger partial charge in [-0.1, -0.05) is 43.2 Å². The number of aliphatic hydroxyl groups excluding tert-OH is 1. The molecule has 0 aliphatic carbocycles. The van der Waals surface area contributed by atoms with Gasteiger partial charge < -0.3 is 20.4 Å². The van der Waals surface area contributed by atoms with Crippen LogP contribution >= 0.6 is 11.6 Å². The number of allylic oxidation sites excluding steroid dienone is 2. The predicted octanol–water partition coefficient (Wildman–Crippen LogP) is 2.67. The Morgan fingerprint density at radius 2 is 1.89 bits per heavy atom. The van der Waals surface area contributed by atoms with E-state index in [1.807, 2.05) is 19.9 Å². The van der Waals surface area contributed by atoms with Crippen molar-refractivity contribution in [1.82, 2.24) is 15.1 Å². The minimum absolute atomic E-state index is 0.0984. The number of carbonyl (C=O) groups excluding carboxylic acids is 4. The topological polar surface area (TPSA) is 127 Å². The molecule has 5 atom stereocenters. The van der Waals surface area contributed by atoms with E-state index in [4.69, 9.17) is 11.6 Å². The summed E-state index contributed by atoms with van der Waals surface area (Å²) in [4.78, 5) is 54.8. The van der Waals surface area contributed by atoms with E-state index >= 15 is 0 Å². The lowest BCUT2D eigenvalue weighted by Crippen LogP contribution is -2.51. The number of nitrogens with zero attached hydrogens (tertiary/aromatic N) is 2. The van der Waals surface area contributed by atoms with Crippen molar-refractivity contribution >= 4 is 35.2 Å². The zero-order chi connectivity index (χ0) is 28.0. The molecule has 2 rings (SSSR count). The lowest BCUT2D eigenvalue weighted by Gasteiger charge is -2.28. The Labute approximate surface area is 223 Å². The summed E-state index contributed by atoms with van der Waals surface area (Å²) in [6.45, 7) is 8.30. The SMILES string of the molecule is CC(=CC(C)CC(C)O)CC(C)C(=O)N1CC(=O)N(C)C(Cc2ccc(O)c(Cl)c2)C(=O)NC(C)C1=O. The number of hydrogen-bond acceptors (Lipinski definition) is 6. The van der Waals surface area contributed by atoms with Gasteiger partial charge in [-0.05, 0) is 57.2 Å². The third-order valence-electron chi connectivity index (χ3n) is 6.49. The van der Waals surface area contributed by atoms with Crippen LogP contribution in [0.3, 0.4) is 0 Å². The monoisotopic (exact) mass is 535 g/mol. The minimum atomic E-state index is -1.02. The number of amides is 4. The Bertz CT molecular complexity index is 1060. The van der Waals surface area contributed by atoms with Crippen LogP contribution in [0.25, 0.3) is 0 Å². The van der Waals surface area contributed by atoms with E-state index in [9.17, 15) is 29.4 Å². The van der Waals surface area contributed by atoms with Gasteiger partial charge in [0.05, 0.1) is 11.1 Å². The van der Waals surface area contributed by atoms with Crippen LogP contribution < -0.4 is 5.32 Å². The number of benzene rings is 1. The molecule has 1 fully saturated rings. The Hall–Kier alpha value is -2.91. The molecule has 0 radical (unpaired) electrons. The van der Waals surface area contributed by atoms with Gasteiger partial charge in [0.25, 0.3) is 5.91 Å². The highest BCUT2D eigenvalue weighted by Crippen LogP contribution is 2.25. The molecule has 0 aromatic heterocycles. The van der Waals surface area contributed by atoms with Gasteiger partial charge in [-0.25, -0.2) is 0 Å². The van der Waals surface area contributed by atoms with Crippen LogP contribution in [-0.2, 0) is 25.6 Å². The number of aromatic hydroxyl groups is 1. The van der Waals surface area contributed by atoms with E-state index < -0.39 is 54.3 Å². The lowest BCUT2D eigenvalue weighted by molar-refractivity contribution is -0.152. The molecule has 1 aliphatic rings. The maximum absolute atomic E-state index is 13.3. The average Bonchev–Trinajstić information content (AvgIpc) is 2.82. The van der Waals surface area contributed by atoms with Crippen molar-refractivity contribution in [3.05, 3.63) is 40.4 Å². The summed E-state index contributed by atoms with van der Waals surface area (Å²) in [5.41, 5.74) is 1.57. The van der Waals surface area contributed by atoms with Gasteiger partial charge in [0.15, 0.2) is 0 Å². The Kier molecular flexibility index (Phi) is 10.7. The lowest BCUT2D eigenvalue weighted by atomic mass is 9.95. The number of hydrogen-bond donors (Lipinski definition) is 3. The first-order valence-corrected chi connectivity index (χ1v) is 12.8. The van der Waals surface area contributed by atoms with Crippen LogP contribution in [0.1, 0.15) is 53.0 Å². The standard InChI is InChI=1S/C27H38ClN3O6/c1-15(9-16(2)11-18(4)32)10-17(3)26(36)31-14-24(34)30(6)22(25(35)29-19(5)27(31)37)13-20-7-8-23(33)21(28)12-20/h7-9,12,16-19,22,32-33H,10-11,13-14H2,1-6H3,(H,29,35). The first-order valence-electron chi connectivity index (χ1n) is 12.4. The third-order valence-corrected chi connectivity index (χ3v) is 6.79. The van der Waals surface area contributed by atoms with Crippen molar-refractivity contribution in [2.75, 3.05) is 13.6 Å². The fraction of sp³-hybridized carbons (Fsp3) is 0.556. The number of carbonyl (C=O) groups is 4. The maximum Gasteiger partial charge on any atom is 0.251 e. The molecule has 204 valence electrons. The third kappa shape index (κ3) is 8.30. The Morgan fingerprint density at radius 3 is 2.49 bits per heavy atom. The number of phenols is 1. The van der Waals surface area contributed by atoms with Crippen molar-refractivity contribution in [3.8, 4) is 5.75 Å². The Balaban J connectivity index is 2.23. The van der Waals surface area contributed by atoms with E-state index in [0.717, 1.165) is 10.5 Å². The molecular formula is C27H38ClN3O6. The average molecular weight is 536 g/mol. The van der Waals surface area contributed by atoms with Gasteiger partial charge in [0.2, 0.25) is 17.7 Å². The van der Waals surface area contributed by atoms with Crippen LogP contribution in [0, 0.1) is 11.8 Å². The van der Waals surface area contributed by atoms with E-state index in [2.05, 4.69) is 5.32 Å². The van der Waals surface area contributed by atoms with E-state index in [1.54, 1.807) is 19.9 Å². The number of phenolic OH excluding ortho intramolecular Hbond substituents is 1. The fourth-order valence-electron chi connectivity index (χ4n) is 4.59. The van der Waals surface area contributed by atoms with E-state index in [0.29, 0.717) is 18.4 Å². The predicted molar refractivity (Wildman–Crippen MR) is 141 cm³/mol. The number of likely N-dealkylation sites (N-methyl/N-ethyl adjacent to an activating group) is 1. The first-order chi connectivity index (χ1) is 17.2. The number of aliphatic hydroxyl groups is 1. The van der Waals surface area contributed by atoms with E-state index in [1.165, 1.54) is 31.0 Å². The van der Waals surface area contributed by atoms with Crippen molar-refractivity contribution in [1.29, 1.82) is 0 Å². The molecule has 0 bridgehead atoms. The number of halogens is 1. The van der Waals surface area contributed by atoms with Crippen molar-refractivity contribution in [3.63, 3.8) is 0 Å². The highest BCUT2D eigenvalue weighted by atomic mass is 35.5. The van der Waals surface area contributed by atoms with Gasteiger partial charge in [-0.3, -0.25) is 24.1 Å². The van der Waals surface area contributed by atoms with Crippen LogP contribution in [0.4, 0.5) is 0 Å². The molecule has 37 heavy (non-hydrogen) atoms. The smallest absolute Gasteiger partial charge is 0.251 e. The molecule has 9 nitrogen and oxygen atoms in total. The largest absolute Gasteiger partial charge is 0.506 e. The normalized spacial score (nSPS) is 22.1.